The van der Waals surface area contributed by atoms with E-state index in [4.69, 9.17) is 10.5 Å². The Labute approximate surface area is 129 Å². The maximum absolute atomic E-state index is 12.0. The number of rotatable bonds is 4. The number of amides is 1. The quantitative estimate of drug-likeness (QED) is 0.808. The first-order valence-corrected chi connectivity index (χ1v) is 7.72. The van der Waals surface area contributed by atoms with Crippen molar-refractivity contribution < 1.29 is 9.53 Å². The van der Waals surface area contributed by atoms with Crippen molar-refractivity contribution in [2.75, 3.05) is 11.9 Å². The molecule has 1 aromatic carbocycles. The predicted molar refractivity (Wildman–Crippen MR) is 85.5 cm³/mol. The van der Waals surface area contributed by atoms with E-state index in [0.29, 0.717) is 0 Å². The second-order valence-corrected chi connectivity index (χ2v) is 6.11. The number of benzene rings is 1. The van der Waals surface area contributed by atoms with E-state index in [2.05, 4.69) is 15.3 Å². The van der Waals surface area contributed by atoms with Crippen LogP contribution in [0, 0.1) is 5.92 Å². The number of aromatic amines is 1. The fourth-order valence-corrected chi connectivity index (χ4v) is 2.58. The highest BCUT2D eigenvalue weighted by Crippen LogP contribution is 2.28. The zero-order valence-electron chi connectivity index (χ0n) is 12.9. The van der Waals surface area contributed by atoms with Crippen LogP contribution in [0.25, 0.3) is 11.0 Å². The highest BCUT2D eigenvalue weighted by Gasteiger charge is 2.21. The number of anilines is 1. The molecule has 2 heterocycles. The minimum absolute atomic E-state index is 0.0554. The van der Waals surface area contributed by atoms with Crippen LogP contribution in [-0.2, 0) is 9.53 Å². The van der Waals surface area contributed by atoms with Gasteiger partial charge in [-0.3, -0.25) is 4.79 Å². The topological polar surface area (TPSA) is 93.0 Å². The summed E-state index contributed by atoms with van der Waals surface area (Å²) in [5.74, 6) is 0.782. The Morgan fingerprint density at radius 1 is 1.50 bits per heavy atom. The van der Waals surface area contributed by atoms with Crippen LogP contribution in [0.15, 0.2) is 18.2 Å². The molecule has 1 aliphatic heterocycles. The number of fused-ring (bicyclic) bond motifs is 1. The average molecular weight is 302 g/mol. The third-order valence-corrected chi connectivity index (χ3v) is 4.02. The zero-order chi connectivity index (χ0) is 15.7. The first kappa shape index (κ1) is 15.0. The van der Waals surface area contributed by atoms with Crippen molar-refractivity contribution >= 4 is 22.6 Å². The van der Waals surface area contributed by atoms with Gasteiger partial charge in [0.2, 0.25) is 5.91 Å². The fraction of sp³-hybridized carbons (Fsp3) is 0.500. The standard InChI is InChI=1S/C16H22N4O2/c1-9(2)14(17)16(21)18-10-5-6-11-12(8-10)20-15(19-11)13-4-3-7-22-13/h5-6,8-9,13-14H,3-4,7,17H2,1-2H3,(H,18,21)(H,19,20)/t13?,14-/m0/s1. The first-order chi connectivity index (χ1) is 10.5. The molecule has 22 heavy (non-hydrogen) atoms. The van der Waals surface area contributed by atoms with Crippen LogP contribution < -0.4 is 11.1 Å². The summed E-state index contributed by atoms with van der Waals surface area (Å²) in [6, 6.07) is 5.10. The summed E-state index contributed by atoms with van der Waals surface area (Å²) in [6.07, 6.45) is 2.11. The number of imidazole rings is 1. The molecule has 6 heteroatoms. The van der Waals surface area contributed by atoms with Crippen LogP contribution in [0.3, 0.4) is 0 Å². The van der Waals surface area contributed by atoms with Crippen LogP contribution in [0.4, 0.5) is 5.69 Å². The van der Waals surface area contributed by atoms with E-state index in [1.54, 1.807) is 0 Å². The van der Waals surface area contributed by atoms with Crippen molar-refractivity contribution in [2.45, 2.75) is 38.8 Å². The summed E-state index contributed by atoms with van der Waals surface area (Å²) >= 11 is 0. The Morgan fingerprint density at radius 2 is 2.32 bits per heavy atom. The molecular formula is C16H22N4O2. The first-order valence-electron chi connectivity index (χ1n) is 7.72. The van der Waals surface area contributed by atoms with Gasteiger partial charge in [-0.2, -0.15) is 0 Å². The van der Waals surface area contributed by atoms with E-state index >= 15 is 0 Å². The number of nitrogens with two attached hydrogens (primary N) is 1. The van der Waals surface area contributed by atoms with Crippen LogP contribution in [0.1, 0.15) is 38.6 Å². The summed E-state index contributed by atoms with van der Waals surface area (Å²) in [6.45, 7) is 4.64. The van der Waals surface area contributed by atoms with E-state index < -0.39 is 6.04 Å². The van der Waals surface area contributed by atoms with Gasteiger partial charge in [0.25, 0.3) is 0 Å². The lowest BCUT2D eigenvalue weighted by Gasteiger charge is -2.15. The van der Waals surface area contributed by atoms with Crippen molar-refractivity contribution in [1.29, 1.82) is 0 Å². The molecule has 0 aliphatic carbocycles. The predicted octanol–water partition coefficient (Wildman–Crippen LogP) is 2.34. The molecule has 1 amide bonds. The van der Waals surface area contributed by atoms with E-state index in [1.165, 1.54) is 0 Å². The fourth-order valence-electron chi connectivity index (χ4n) is 2.58. The molecule has 0 bridgehead atoms. The van der Waals surface area contributed by atoms with E-state index in [9.17, 15) is 4.79 Å². The van der Waals surface area contributed by atoms with Crippen molar-refractivity contribution in [1.82, 2.24) is 9.97 Å². The highest BCUT2D eigenvalue weighted by atomic mass is 16.5. The lowest BCUT2D eigenvalue weighted by Crippen LogP contribution is -2.39. The number of carbonyl (C=O) groups excluding carboxylic acids is 1. The van der Waals surface area contributed by atoms with Gasteiger partial charge in [0, 0.05) is 12.3 Å². The summed E-state index contributed by atoms with van der Waals surface area (Å²) in [5.41, 5.74) is 8.34. The number of aromatic nitrogens is 2. The summed E-state index contributed by atoms with van der Waals surface area (Å²) < 4.78 is 5.64. The van der Waals surface area contributed by atoms with Crippen molar-refractivity contribution in [2.24, 2.45) is 11.7 Å². The molecule has 2 aromatic rings. The average Bonchev–Trinajstić information content (AvgIpc) is 3.14. The minimum Gasteiger partial charge on any atom is -0.370 e. The molecule has 1 fully saturated rings. The number of carbonyl (C=O) groups is 1. The molecule has 4 N–H and O–H groups in total. The molecule has 3 rings (SSSR count). The molecule has 0 radical (unpaired) electrons. The van der Waals surface area contributed by atoms with Crippen LogP contribution in [0.5, 0.6) is 0 Å². The maximum atomic E-state index is 12.0. The zero-order valence-corrected chi connectivity index (χ0v) is 12.9. The monoisotopic (exact) mass is 302 g/mol. The van der Waals surface area contributed by atoms with E-state index in [0.717, 1.165) is 42.0 Å². The van der Waals surface area contributed by atoms with Gasteiger partial charge < -0.3 is 20.8 Å². The van der Waals surface area contributed by atoms with Crippen LogP contribution in [-0.4, -0.2) is 28.5 Å². The molecule has 1 saturated heterocycles. The summed E-state index contributed by atoms with van der Waals surface area (Å²) in [7, 11) is 0. The molecule has 6 nitrogen and oxygen atoms in total. The van der Waals surface area contributed by atoms with Gasteiger partial charge >= 0.3 is 0 Å². The van der Waals surface area contributed by atoms with Crippen LogP contribution >= 0.6 is 0 Å². The van der Waals surface area contributed by atoms with Crippen molar-refractivity contribution in [3.63, 3.8) is 0 Å². The number of H-pyrrole nitrogens is 1. The van der Waals surface area contributed by atoms with Gasteiger partial charge in [-0.1, -0.05) is 13.8 Å². The van der Waals surface area contributed by atoms with Gasteiger partial charge in [-0.25, -0.2) is 4.98 Å². The molecule has 1 aliphatic rings. The molecule has 0 spiro atoms. The lowest BCUT2D eigenvalue weighted by molar-refractivity contribution is -0.118. The second kappa shape index (κ2) is 6.06. The number of hydrogen-bond acceptors (Lipinski definition) is 4. The Morgan fingerprint density at radius 3 is 3.00 bits per heavy atom. The SMILES string of the molecule is CC(C)[C@H](N)C(=O)Nc1ccc2nc(C3CCCO3)[nH]c2c1. The minimum atomic E-state index is -0.514. The third-order valence-electron chi connectivity index (χ3n) is 4.02. The Kier molecular flexibility index (Phi) is 4.13. The van der Waals surface area contributed by atoms with Crippen molar-refractivity contribution in [3.8, 4) is 0 Å². The normalized spacial score (nSPS) is 19.7. The molecule has 0 saturated carbocycles. The number of nitrogens with one attached hydrogen (secondary N) is 2. The Bertz CT molecular complexity index is 674. The van der Waals surface area contributed by atoms with Gasteiger partial charge in [-0.05, 0) is 37.0 Å². The van der Waals surface area contributed by atoms with E-state index in [-0.39, 0.29) is 17.9 Å². The molecule has 1 aromatic heterocycles. The lowest BCUT2D eigenvalue weighted by atomic mass is 10.0. The Hall–Kier alpha value is -1.92. The molecular weight excluding hydrogens is 280 g/mol. The van der Waals surface area contributed by atoms with Gasteiger partial charge in [0.1, 0.15) is 11.9 Å². The maximum Gasteiger partial charge on any atom is 0.241 e. The number of nitrogens with zero attached hydrogens (tertiary/aromatic N) is 1. The van der Waals surface area contributed by atoms with Gasteiger partial charge in [-0.15, -0.1) is 0 Å². The Balaban J connectivity index is 1.79. The largest absolute Gasteiger partial charge is 0.370 e. The smallest absolute Gasteiger partial charge is 0.241 e. The summed E-state index contributed by atoms with van der Waals surface area (Å²) in [4.78, 5) is 19.9. The third kappa shape index (κ3) is 2.98. The van der Waals surface area contributed by atoms with E-state index in [1.807, 2.05) is 32.0 Å². The molecule has 2 atom stereocenters. The highest BCUT2D eigenvalue weighted by molar-refractivity contribution is 5.96. The van der Waals surface area contributed by atoms with Gasteiger partial charge in [0.05, 0.1) is 17.1 Å². The molecule has 118 valence electrons. The molecule has 1 unspecified atom stereocenters. The number of ether oxygens (including phenoxy) is 1. The second-order valence-electron chi connectivity index (χ2n) is 6.11. The van der Waals surface area contributed by atoms with Gasteiger partial charge in [0.15, 0.2) is 0 Å². The number of hydrogen-bond donors (Lipinski definition) is 3. The summed E-state index contributed by atoms with van der Waals surface area (Å²) in [5, 5.41) is 2.85. The van der Waals surface area contributed by atoms with Crippen molar-refractivity contribution in [3.05, 3.63) is 24.0 Å². The van der Waals surface area contributed by atoms with Crippen LogP contribution in [0.2, 0.25) is 0 Å².